The van der Waals surface area contributed by atoms with Crippen LogP contribution in [0.15, 0.2) is 12.3 Å². The van der Waals surface area contributed by atoms with E-state index in [1.165, 1.54) is 0 Å². The van der Waals surface area contributed by atoms with Crippen LogP contribution in [0.4, 0.5) is 0 Å². The first kappa shape index (κ1) is 14.5. The van der Waals surface area contributed by atoms with Gasteiger partial charge in [0.15, 0.2) is 0 Å². The van der Waals surface area contributed by atoms with Crippen molar-refractivity contribution in [2.45, 2.75) is 25.0 Å². The highest BCUT2D eigenvalue weighted by atomic mass is 16.5. The number of carbonyl (C=O) groups is 1. The number of nitrogens with zero attached hydrogens (tertiary/aromatic N) is 3. The van der Waals surface area contributed by atoms with Crippen LogP contribution in [-0.2, 0) is 4.74 Å². The van der Waals surface area contributed by atoms with Gasteiger partial charge in [0.25, 0.3) is 5.91 Å². The lowest BCUT2D eigenvalue weighted by atomic mass is 10.1. The van der Waals surface area contributed by atoms with E-state index in [0.717, 1.165) is 32.6 Å². The first-order chi connectivity index (χ1) is 10.2. The summed E-state index contributed by atoms with van der Waals surface area (Å²) in [5.74, 6) is -0.0969. The molecule has 2 fully saturated rings. The van der Waals surface area contributed by atoms with Crippen LogP contribution >= 0.6 is 0 Å². The van der Waals surface area contributed by atoms with Gasteiger partial charge in [-0.15, -0.1) is 0 Å². The summed E-state index contributed by atoms with van der Waals surface area (Å²) in [5.41, 5.74) is 0.474. The number of aromatic nitrogens is 2. The number of nitrogens with one attached hydrogen (secondary N) is 1. The van der Waals surface area contributed by atoms with E-state index in [9.17, 15) is 9.90 Å². The molecular weight excluding hydrogens is 272 g/mol. The molecule has 3 rings (SSSR count). The molecule has 1 aromatic heterocycles. The van der Waals surface area contributed by atoms with Crippen LogP contribution in [0.5, 0.6) is 0 Å². The number of hydrogen-bond acceptors (Lipinski definition) is 5. The van der Waals surface area contributed by atoms with Crippen LogP contribution in [0.3, 0.4) is 0 Å². The van der Waals surface area contributed by atoms with E-state index in [1.807, 2.05) is 0 Å². The Morgan fingerprint density at radius 3 is 2.86 bits per heavy atom. The average Bonchev–Trinajstić information content (AvgIpc) is 2.97. The second-order valence-corrected chi connectivity index (χ2v) is 5.71. The molecule has 1 atom stereocenters. The van der Waals surface area contributed by atoms with Crippen LogP contribution in [-0.4, -0.2) is 82.5 Å². The molecule has 0 saturated carbocycles. The third-order valence-corrected chi connectivity index (χ3v) is 4.26. The maximum Gasteiger partial charge on any atom is 0.271 e. The summed E-state index contributed by atoms with van der Waals surface area (Å²) in [7, 11) is 0. The average molecular weight is 294 g/mol. The topological polar surface area (TPSA) is 81.7 Å². The molecule has 2 N–H and O–H groups in total. The Morgan fingerprint density at radius 2 is 2.14 bits per heavy atom. The SMILES string of the molecule is O=C(c1ccn[nH]1)N1CCN(C2CCOCC2)C[C@H](O)C1. The molecule has 1 amide bonds. The Kier molecular flexibility index (Phi) is 4.52. The van der Waals surface area contributed by atoms with E-state index in [2.05, 4.69) is 15.1 Å². The van der Waals surface area contributed by atoms with Crippen LogP contribution < -0.4 is 0 Å². The van der Waals surface area contributed by atoms with Gasteiger partial charge in [0.05, 0.1) is 6.10 Å². The number of aliphatic hydroxyl groups is 1. The number of aromatic amines is 1. The van der Waals surface area contributed by atoms with Gasteiger partial charge >= 0.3 is 0 Å². The van der Waals surface area contributed by atoms with Gasteiger partial charge in [-0.3, -0.25) is 14.8 Å². The van der Waals surface area contributed by atoms with E-state index in [-0.39, 0.29) is 5.91 Å². The molecule has 0 aromatic carbocycles. The standard InChI is InChI=1S/C14H22N4O3/c19-12-9-17(11-2-7-21-8-3-11)5-6-18(10-12)14(20)13-1-4-15-16-13/h1,4,11-12,19H,2-3,5-10H2,(H,15,16)/t12-/m0/s1. The Balaban J connectivity index is 1.63. The van der Waals surface area contributed by atoms with Crippen molar-refractivity contribution in [1.82, 2.24) is 20.0 Å². The number of ether oxygens (including phenoxy) is 1. The molecule has 116 valence electrons. The normalized spacial score (nSPS) is 25.8. The Bertz CT molecular complexity index is 459. The van der Waals surface area contributed by atoms with Crippen LogP contribution in [0, 0.1) is 0 Å². The van der Waals surface area contributed by atoms with E-state index in [0.29, 0.717) is 31.4 Å². The van der Waals surface area contributed by atoms with Crippen molar-refractivity contribution in [2.24, 2.45) is 0 Å². The predicted octanol–water partition coefficient (Wildman–Crippen LogP) is -0.293. The molecule has 21 heavy (non-hydrogen) atoms. The van der Waals surface area contributed by atoms with Gasteiger partial charge < -0.3 is 14.7 Å². The fraction of sp³-hybridized carbons (Fsp3) is 0.714. The molecule has 1 aromatic rings. The van der Waals surface area contributed by atoms with Crippen molar-refractivity contribution in [3.63, 3.8) is 0 Å². The van der Waals surface area contributed by atoms with Crippen LogP contribution in [0.2, 0.25) is 0 Å². The molecule has 0 spiro atoms. The second kappa shape index (κ2) is 6.55. The molecule has 7 nitrogen and oxygen atoms in total. The largest absolute Gasteiger partial charge is 0.390 e. The molecule has 0 bridgehead atoms. The summed E-state index contributed by atoms with van der Waals surface area (Å²) in [6, 6.07) is 2.12. The molecule has 0 unspecified atom stereocenters. The number of H-pyrrole nitrogens is 1. The van der Waals surface area contributed by atoms with Gasteiger partial charge in [-0.05, 0) is 18.9 Å². The number of carbonyl (C=O) groups excluding carboxylic acids is 1. The highest BCUT2D eigenvalue weighted by Gasteiger charge is 2.29. The molecule has 7 heteroatoms. The van der Waals surface area contributed by atoms with E-state index in [1.54, 1.807) is 17.2 Å². The molecule has 2 aliphatic rings. The summed E-state index contributed by atoms with van der Waals surface area (Å²) in [5, 5.41) is 16.7. The fourth-order valence-electron chi connectivity index (χ4n) is 3.13. The smallest absolute Gasteiger partial charge is 0.271 e. The van der Waals surface area contributed by atoms with Crippen molar-refractivity contribution in [3.8, 4) is 0 Å². The first-order valence-corrected chi connectivity index (χ1v) is 7.52. The summed E-state index contributed by atoms with van der Waals surface area (Å²) in [6.45, 7) is 3.99. The Labute approximate surface area is 123 Å². The minimum absolute atomic E-state index is 0.0969. The van der Waals surface area contributed by atoms with E-state index in [4.69, 9.17) is 4.74 Å². The zero-order chi connectivity index (χ0) is 14.7. The minimum Gasteiger partial charge on any atom is -0.390 e. The highest BCUT2D eigenvalue weighted by Crippen LogP contribution is 2.17. The van der Waals surface area contributed by atoms with Crippen molar-refractivity contribution in [1.29, 1.82) is 0 Å². The monoisotopic (exact) mass is 294 g/mol. The third kappa shape index (κ3) is 3.42. The quantitative estimate of drug-likeness (QED) is 0.783. The molecule has 2 saturated heterocycles. The molecule has 2 aliphatic heterocycles. The van der Waals surface area contributed by atoms with Crippen molar-refractivity contribution in [3.05, 3.63) is 18.0 Å². The predicted molar refractivity (Wildman–Crippen MR) is 75.9 cm³/mol. The Morgan fingerprint density at radius 1 is 1.33 bits per heavy atom. The summed E-state index contributed by atoms with van der Waals surface area (Å²) < 4.78 is 5.39. The van der Waals surface area contributed by atoms with Crippen LogP contribution in [0.25, 0.3) is 0 Å². The number of hydrogen-bond donors (Lipinski definition) is 2. The van der Waals surface area contributed by atoms with Crippen molar-refractivity contribution >= 4 is 5.91 Å². The van der Waals surface area contributed by atoms with Gasteiger partial charge in [0, 0.05) is 51.6 Å². The number of aliphatic hydroxyl groups excluding tert-OH is 1. The molecule has 3 heterocycles. The van der Waals surface area contributed by atoms with Crippen molar-refractivity contribution < 1.29 is 14.6 Å². The highest BCUT2D eigenvalue weighted by molar-refractivity contribution is 5.92. The summed E-state index contributed by atoms with van der Waals surface area (Å²) in [4.78, 5) is 16.4. The maximum atomic E-state index is 12.3. The maximum absolute atomic E-state index is 12.3. The third-order valence-electron chi connectivity index (χ3n) is 4.26. The van der Waals surface area contributed by atoms with E-state index >= 15 is 0 Å². The molecule has 0 aliphatic carbocycles. The lowest BCUT2D eigenvalue weighted by Crippen LogP contribution is -2.43. The Hall–Kier alpha value is -1.44. The number of rotatable bonds is 2. The molecular formula is C14H22N4O3. The van der Waals surface area contributed by atoms with Gasteiger partial charge in [-0.2, -0.15) is 5.10 Å². The van der Waals surface area contributed by atoms with Gasteiger partial charge in [0.1, 0.15) is 5.69 Å². The zero-order valence-electron chi connectivity index (χ0n) is 12.1. The second-order valence-electron chi connectivity index (χ2n) is 5.71. The van der Waals surface area contributed by atoms with Gasteiger partial charge in [0.2, 0.25) is 0 Å². The summed E-state index contributed by atoms with van der Waals surface area (Å²) in [6.07, 6.45) is 3.06. The van der Waals surface area contributed by atoms with Gasteiger partial charge in [-0.1, -0.05) is 0 Å². The zero-order valence-corrected chi connectivity index (χ0v) is 12.1. The van der Waals surface area contributed by atoms with Gasteiger partial charge in [-0.25, -0.2) is 0 Å². The number of β-amino-alcohol motifs (C(OH)–C–C–N with tert-alkyl or cyclic N) is 1. The van der Waals surface area contributed by atoms with Crippen molar-refractivity contribution in [2.75, 3.05) is 39.4 Å². The number of amides is 1. The lowest BCUT2D eigenvalue weighted by Gasteiger charge is -2.33. The summed E-state index contributed by atoms with van der Waals surface area (Å²) >= 11 is 0. The fourth-order valence-corrected chi connectivity index (χ4v) is 3.13. The lowest BCUT2D eigenvalue weighted by molar-refractivity contribution is 0.0217. The minimum atomic E-state index is -0.512. The van der Waals surface area contributed by atoms with E-state index < -0.39 is 6.10 Å². The van der Waals surface area contributed by atoms with Crippen LogP contribution in [0.1, 0.15) is 23.3 Å². The molecule has 0 radical (unpaired) electrons. The first-order valence-electron chi connectivity index (χ1n) is 7.52.